The molecule has 3 rings (SSSR count). The maximum Gasteiger partial charge on any atom is 0.333 e. The van der Waals surface area contributed by atoms with Crippen molar-refractivity contribution in [3.05, 3.63) is 64.8 Å². The highest BCUT2D eigenvalue weighted by molar-refractivity contribution is 6.32. The van der Waals surface area contributed by atoms with E-state index in [1.54, 1.807) is 30.3 Å². The number of carbonyl (C=O) groups is 2. The van der Waals surface area contributed by atoms with Gasteiger partial charge in [0.2, 0.25) is 0 Å². The minimum absolute atomic E-state index is 0.140. The van der Waals surface area contributed by atoms with Crippen molar-refractivity contribution in [2.45, 2.75) is 26.4 Å². The number of imide groups is 1. The first kappa shape index (κ1) is 18.0. The van der Waals surface area contributed by atoms with E-state index in [-0.39, 0.29) is 11.8 Å². The summed E-state index contributed by atoms with van der Waals surface area (Å²) in [6, 6.07) is 13.5. The van der Waals surface area contributed by atoms with Crippen LogP contribution < -0.4 is 15.0 Å². The second-order valence-corrected chi connectivity index (χ2v) is 6.45. The first-order valence-electron chi connectivity index (χ1n) is 8.37. The highest BCUT2D eigenvalue weighted by Gasteiger charge is 2.34. The average Bonchev–Trinajstić information content (AvgIpc) is 2.90. The Morgan fingerprint density at radius 3 is 2.58 bits per heavy atom. The SMILES string of the molecule is CCC(C)Oc1ccc(C=C2NC(=O)N(c3cccc(Cl)c3)C2=O)cc1. The molecule has 1 heterocycles. The minimum atomic E-state index is -0.500. The molecule has 1 N–H and O–H groups in total. The van der Waals surface area contributed by atoms with Crippen LogP contribution in [-0.2, 0) is 4.79 Å². The van der Waals surface area contributed by atoms with Gasteiger partial charge in [-0.3, -0.25) is 4.79 Å². The molecule has 1 aliphatic heterocycles. The lowest BCUT2D eigenvalue weighted by molar-refractivity contribution is -0.113. The van der Waals surface area contributed by atoms with E-state index >= 15 is 0 Å². The zero-order valence-electron chi connectivity index (χ0n) is 14.5. The molecule has 26 heavy (non-hydrogen) atoms. The Kier molecular flexibility index (Phi) is 5.28. The van der Waals surface area contributed by atoms with Crippen LogP contribution in [-0.4, -0.2) is 18.0 Å². The predicted molar refractivity (Wildman–Crippen MR) is 102 cm³/mol. The third-order valence-electron chi connectivity index (χ3n) is 4.05. The van der Waals surface area contributed by atoms with Gasteiger partial charge in [0.15, 0.2) is 0 Å². The molecule has 1 atom stereocenters. The molecule has 1 fully saturated rings. The molecule has 0 saturated carbocycles. The van der Waals surface area contributed by atoms with Crippen molar-refractivity contribution in [1.82, 2.24) is 5.32 Å². The van der Waals surface area contributed by atoms with E-state index in [1.807, 2.05) is 31.2 Å². The van der Waals surface area contributed by atoms with E-state index in [9.17, 15) is 9.59 Å². The van der Waals surface area contributed by atoms with Gasteiger partial charge in [0.05, 0.1) is 11.8 Å². The molecule has 5 nitrogen and oxygen atoms in total. The molecule has 0 spiro atoms. The number of hydrogen-bond acceptors (Lipinski definition) is 3. The van der Waals surface area contributed by atoms with Gasteiger partial charge in [0, 0.05) is 5.02 Å². The van der Waals surface area contributed by atoms with E-state index in [4.69, 9.17) is 16.3 Å². The van der Waals surface area contributed by atoms with Gasteiger partial charge in [0.1, 0.15) is 11.4 Å². The number of carbonyl (C=O) groups excluding carboxylic acids is 2. The topological polar surface area (TPSA) is 58.6 Å². The second kappa shape index (κ2) is 7.62. The standard InChI is InChI=1S/C20H19ClN2O3/c1-3-13(2)26-17-9-7-14(8-10-17)11-18-19(24)23(20(25)22-18)16-6-4-5-15(21)12-16/h4-13H,3H2,1-2H3,(H,22,25). The smallest absolute Gasteiger partial charge is 0.333 e. The van der Waals surface area contributed by atoms with Crippen molar-refractivity contribution < 1.29 is 14.3 Å². The molecule has 3 amide bonds. The summed E-state index contributed by atoms with van der Waals surface area (Å²) >= 11 is 5.95. The summed E-state index contributed by atoms with van der Waals surface area (Å²) in [6.45, 7) is 4.07. The maximum absolute atomic E-state index is 12.6. The van der Waals surface area contributed by atoms with Crippen molar-refractivity contribution in [1.29, 1.82) is 0 Å². The van der Waals surface area contributed by atoms with Crippen LogP contribution in [0.5, 0.6) is 5.75 Å². The van der Waals surface area contributed by atoms with Crippen LogP contribution in [0.2, 0.25) is 5.02 Å². The summed E-state index contributed by atoms with van der Waals surface area (Å²) < 4.78 is 5.73. The molecule has 0 radical (unpaired) electrons. The molecule has 0 bridgehead atoms. The van der Waals surface area contributed by atoms with Gasteiger partial charge >= 0.3 is 6.03 Å². The van der Waals surface area contributed by atoms with Gasteiger partial charge in [-0.2, -0.15) is 0 Å². The number of halogens is 1. The number of benzene rings is 2. The van der Waals surface area contributed by atoms with Crippen molar-refractivity contribution in [2.24, 2.45) is 0 Å². The van der Waals surface area contributed by atoms with Crippen molar-refractivity contribution >= 4 is 35.3 Å². The molecule has 1 aliphatic rings. The maximum atomic E-state index is 12.6. The molecule has 1 unspecified atom stereocenters. The largest absolute Gasteiger partial charge is 0.491 e. The number of nitrogens with one attached hydrogen (secondary N) is 1. The van der Waals surface area contributed by atoms with E-state index in [0.29, 0.717) is 10.7 Å². The highest BCUT2D eigenvalue weighted by Crippen LogP contribution is 2.25. The Balaban J connectivity index is 1.79. The van der Waals surface area contributed by atoms with Gasteiger partial charge in [-0.25, -0.2) is 9.69 Å². The van der Waals surface area contributed by atoms with Gasteiger partial charge in [-0.05, 0) is 55.3 Å². The van der Waals surface area contributed by atoms with Crippen LogP contribution in [0.1, 0.15) is 25.8 Å². The molecule has 2 aromatic rings. The lowest BCUT2D eigenvalue weighted by Crippen LogP contribution is -2.30. The second-order valence-electron chi connectivity index (χ2n) is 6.01. The number of rotatable bonds is 5. The van der Waals surface area contributed by atoms with Crippen LogP contribution in [0.25, 0.3) is 6.08 Å². The van der Waals surface area contributed by atoms with Crippen molar-refractivity contribution in [3.63, 3.8) is 0 Å². The van der Waals surface area contributed by atoms with E-state index in [1.165, 1.54) is 0 Å². The minimum Gasteiger partial charge on any atom is -0.491 e. The Bertz CT molecular complexity index is 862. The number of urea groups is 1. The Morgan fingerprint density at radius 1 is 1.19 bits per heavy atom. The predicted octanol–water partition coefficient (Wildman–Crippen LogP) is 4.61. The summed E-state index contributed by atoms with van der Waals surface area (Å²) in [5.74, 6) is 0.348. The Labute approximate surface area is 157 Å². The normalized spacial score (nSPS) is 16.7. The van der Waals surface area contributed by atoms with Crippen LogP contribution >= 0.6 is 11.6 Å². The quantitative estimate of drug-likeness (QED) is 0.617. The number of ether oxygens (including phenoxy) is 1. The first-order valence-corrected chi connectivity index (χ1v) is 8.75. The molecule has 0 aliphatic carbocycles. The van der Waals surface area contributed by atoms with Gasteiger partial charge in [-0.1, -0.05) is 36.7 Å². The molecular formula is C20H19ClN2O3. The number of amides is 3. The fraction of sp³-hybridized carbons (Fsp3) is 0.200. The summed E-state index contributed by atoms with van der Waals surface area (Å²) in [7, 11) is 0. The lowest BCUT2D eigenvalue weighted by atomic mass is 10.1. The molecular weight excluding hydrogens is 352 g/mol. The van der Waals surface area contributed by atoms with Crippen LogP contribution in [0.3, 0.4) is 0 Å². The number of hydrogen-bond donors (Lipinski definition) is 1. The Hall–Kier alpha value is -2.79. The average molecular weight is 371 g/mol. The third kappa shape index (κ3) is 3.89. The molecule has 6 heteroatoms. The third-order valence-corrected chi connectivity index (χ3v) is 4.28. The van der Waals surface area contributed by atoms with Crippen LogP contribution in [0.15, 0.2) is 54.2 Å². The summed E-state index contributed by atoms with van der Waals surface area (Å²) in [5, 5.41) is 3.06. The number of nitrogens with zero attached hydrogens (tertiary/aromatic N) is 1. The fourth-order valence-corrected chi connectivity index (χ4v) is 2.69. The van der Waals surface area contributed by atoms with Crippen molar-refractivity contribution in [2.75, 3.05) is 4.90 Å². The van der Waals surface area contributed by atoms with E-state index < -0.39 is 11.9 Å². The zero-order chi connectivity index (χ0) is 18.7. The van der Waals surface area contributed by atoms with Crippen molar-refractivity contribution in [3.8, 4) is 5.75 Å². The van der Waals surface area contributed by atoms with Gasteiger partial charge in [0.25, 0.3) is 5.91 Å². The number of anilines is 1. The fourth-order valence-electron chi connectivity index (χ4n) is 2.51. The summed E-state index contributed by atoms with van der Waals surface area (Å²) in [4.78, 5) is 25.9. The summed E-state index contributed by atoms with van der Waals surface area (Å²) in [6.07, 6.45) is 2.70. The molecule has 134 valence electrons. The molecule has 2 aromatic carbocycles. The van der Waals surface area contributed by atoms with Crippen LogP contribution in [0, 0.1) is 0 Å². The highest BCUT2D eigenvalue weighted by atomic mass is 35.5. The lowest BCUT2D eigenvalue weighted by Gasteiger charge is -2.12. The van der Waals surface area contributed by atoms with Gasteiger partial charge < -0.3 is 10.1 Å². The van der Waals surface area contributed by atoms with E-state index in [2.05, 4.69) is 12.2 Å². The zero-order valence-corrected chi connectivity index (χ0v) is 15.3. The van der Waals surface area contributed by atoms with Gasteiger partial charge in [-0.15, -0.1) is 0 Å². The molecule has 0 aromatic heterocycles. The molecule has 1 saturated heterocycles. The Morgan fingerprint density at radius 2 is 1.92 bits per heavy atom. The van der Waals surface area contributed by atoms with Crippen LogP contribution in [0.4, 0.5) is 10.5 Å². The monoisotopic (exact) mass is 370 g/mol. The first-order chi connectivity index (χ1) is 12.5. The summed E-state index contributed by atoms with van der Waals surface area (Å²) in [5.41, 5.74) is 1.43. The van der Waals surface area contributed by atoms with E-state index in [0.717, 1.165) is 22.6 Å².